The lowest BCUT2D eigenvalue weighted by atomic mass is 10.0. The van der Waals surface area contributed by atoms with Gasteiger partial charge in [0.05, 0.1) is 0 Å². The third-order valence-corrected chi connectivity index (χ3v) is 9.28. The molecule has 0 aliphatic rings. The second-order valence-corrected chi connectivity index (χ2v) is 13.8. The molecule has 0 saturated heterocycles. The van der Waals surface area contributed by atoms with Crippen LogP contribution in [0.25, 0.3) is 0 Å². The molecule has 0 bridgehead atoms. The molecule has 0 fully saturated rings. The van der Waals surface area contributed by atoms with Gasteiger partial charge in [-0.2, -0.15) is 0 Å². The number of rotatable bonds is 37. The summed E-state index contributed by atoms with van der Waals surface area (Å²) < 4.78 is 0. The summed E-state index contributed by atoms with van der Waals surface area (Å²) in [4.78, 5) is 24.1. The van der Waals surface area contributed by atoms with Crippen LogP contribution in [0.5, 0.6) is 0 Å². The van der Waals surface area contributed by atoms with Crippen molar-refractivity contribution in [2.45, 2.75) is 232 Å². The first-order valence-electron chi connectivity index (χ1n) is 20.2. The Hall–Kier alpha value is -1.06. The lowest BCUT2D eigenvalue weighted by Crippen LogP contribution is -2.34. The van der Waals surface area contributed by atoms with Crippen LogP contribution >= 0.6 is 0 Å². The average Bonchev–Trinajstić information content (AvgIpc) is 3.02. The molecule has 0 aromatic heterocycles. The quantitative estimate of drug-likeness (QED) is 0.0679. The number of amides is 2. The van der Waals surface area contributed by atoms with Gasteiger partial charge in [0, 0.05) is 25.9 Å². The van der Waals surface area contributed by atoms with Crippen LogP contribution in [0.1, 0.15) is 232 Å². The van der Waals surface area contributed by atoms with Crippen LogP contribution in [0.4, 0.5) is 0 Å². The van der Waals surface area contributed by atoms with E-state index in [1.807, 2.05) is 0 Å². The number of hydrogen-bond donors (Lipinski definition) is 2. The van der Waals surface area contributed by atoms with E-state index in [9.17, 15) is 9.59 Å². The molecule has 0 rings (SSSR count). The van der Waals surface area contributed by atoms with Crippen molar-refractivity contribution in [3.8, 4) is 0 Å². The molecule has 0 spiro atoms. The Kier molecular flexibility index (Phi) is 37.2. The second kappa shape index (κ2) is 38.1. The van der Waals surface area contributed by atoms with E-state index in [0.29, 0.717) is 25.9 Å². The van der Waals surface area contributed by atoms with Crippen LogP contribution in [0.2, 0.25) is 0 Å². The standard InChI is InChI=1S/C40H80N2O2/c1-3-5-7-9-11-13-15-17-19-21-23-25-27-29-31-33-35-39(43)41-37-38-42-40(44)36-34-32-30-28-26-24-22-20-18-16-14-12-10-8-6-4-2/h3-38H2,1-2H3,(H,41,43)(H,42,44). The first kappa shape index (κ1) is 42.9. The summed E-state index contributed by atoms with van der Waals surface area (Å²) in [5.74, 6) is 0.254. The number of unbranched alkanes of at least 4 members (excludes halogenated alkanes) is 30. The van der Waals surface area contributed by atoms with Gasteiger partial charge in [-0.15, -0.1) is 0 Å². The topological polar surface area (TPSA) is 58.2 Å². The van der Waals surface area contributed by atoms with Crippen molar-refractivity contribution in [1.29, 1.82) is 0 Å². The molecule has 262 valence electrons. The molecule has 2 amide bonds. The van der Waals surface area contributed by atoms with Crippen molar-refractivity contribution in [2.75, 3.05) is 13.1 Å². The summed E-state index contributed by atoms with van der Waals surface area (Å²) in [5.41, 5.74) is 0. The van der Waals surface area contributed by atoms with Gasteiger partial charge in [0.25, 0.3) is 0 Å². The fraction of sp³-hybridized carbons (Fsp3) is 0.950. The van der Waals surface area contributed by atoms with Crippen LogP contribution in [0, 0.1) is 0 Å². The predicted molar refractivity (Wildman–Crippen MR) is 194 cm³/mol. The highest BCUT2D eigenvalue weighted by molar-refractivity contribution is 5.77. The Bertz CT molecular complexity index is 530. The molecule has 44 heavy (non-hydrogen) atoms. The van der Waals surface area contributed by atoms with Gasteiger partial charge in [-0.25, -0.2) is 0 Å². The molecule has 0 aromatic carbocycles. The molecule has 0 aliphatic carbocycles. The summed E-state index contributed by atoms with van der Waals surface area (Å²) in [6.45, 7) is 5.66. The van der Waals surface area contributed by atoms with E-state index < -0.39 is 0 Å². The third kappa shape index (κ3) is 37.1. The smallest absolute Gasteiger partial charge is 0.220 e. The summed E-state index contributed by atoms with van der Waals surface area (Å²) in [5, 5.41) is 5.92. The Balaban J connectivity index is 3.25. The van der Waals surface area contributed by atoms with Crippen molar-refractivity contribution < 1.29 is 9.59 Å². The van der Waals surface area contributed by atoms with Gasteiger partial charge >= 0.3 is 0 Å². The fourth-order valence-corrected chi connectivity index (χ4v) is 6.25. The third-order valence-electron chi connectivity index (χ3n) is 9.28. The maximum absolute atomic E-state index is 12.0. The SMILES string of the molecule is CCCCCCCCCCCCCCCCCCC(=O)NCCNC(=O)CCCCCCCCCCCCCCCCCC. The summed E-state index contributed by atoms with van der Waals surface area (Å²) in [6.07, 6.45) is 44.4. The van der Waals surface area contributed by atoms with E-state index in [1.165, 1.54) is 180 Å². The molecule has 2 N–H and O–H groups in total. The van der Waals surface area contributed by atoms with Gasteiger partial charge in [0.1, 0.15) is 0 Å². The molecule has 4 nitrogen and oxygen atoms in total. The summed E-state index contributed by atoms with van der Waals surface area (Å²) >= 11 is 0. The predicted octanol–water partition coefficient (Wildman–Crippen LogP) is 12.5. The Morgan fingerprint density at radius 1 is 0.295 bits per heavy atom. The highest BCUT2D eigenvalue weighted by atomic mass is 16.2. The highest BCUT2D eigenvalue weighted by Gasteiger charge is 2.03. The lowest BCUT2D eigenvalue weighted by molar-refractivity contribution is -0.123. The lowest BCUT2D eigenvalue weighted by Gasteiger charge is -2.07. The molecule has 4 heteroatoms. The fourth-order valence-electron chi connectivity index (χ4n) is 6.25. The van der Waals surface area contributed by atoms with E-state index in [2.05, 4.69) is 24.5 Å². The van der Waals surface area contributed by atoms with Gasteiger partial charge in [0.15, 0.2) is 0 Å². The molecule has 0 aromatic rings. The first-order chi connectivity index (χ1) is 21.7. The zero-order valence-electron chi connectivity index (χ0n) is 30.3. The molecular weight excluding hydrogens is 540 g/mol. The van der Waals surface area contributed by atoms with Crippen molar-refractivity contribution in [2.24, 2.45) is 0 Å². The Morgan fingerprint density at radius 2 is 0.477 bits per heavy atom. The molecule has 0 saturated carbocycles. The van der Waals surface area contributed by atoms with E-state index in [4.69, 9.17) is 0 Å². The van der Waals surface area contributed by atoms with Crippen LogP contribution < -0.4 is 10.6 Å². The van der Waals surface area contributed by atoms with Crippen LogP contribution in [-0.4, -0.2) is 24.9 Å². The van der Waals surface area contributed by atoms with Gasteiger partial charge < -0.3 is 10.6 Å². The van der Waals surface area contributed by atoms with Crippen molar-refractivity contribution >= 4 is 11.8 Å². The number of carbonyl (C=O) groups is 2. The zero-order chi connectivity index (χ0) is 32.0. The van der Waals surface area contributed by atoms with Crippen molar-refractivity contribution in [3.63, 3.8) is 0 Å². The minimum absolute atomic E-state index is 0.127. The van der Waals surface area contributed by atoms with E-state index in [-0.39, 0.29) is 11.8 Å². The number of hydrogen-bond acceptors (Lipinski definition) is 2. The molecule has 0 unspecified atom stereocenters. The normalized spacial score (nSPS) is 11.2. The molecule has 0 heterocycles. The number of nitrogens with one attached hydrogen (secondary N) is 2. The monoisotopic (exact) mass is 621 g/mol. The van der Waals surface area contributed by atoms with Crippen LogP contribution in [0.3, 0.4) is 0 Å². The number of carbonyl (C=O) groups excluding carboxylic acids is 2. The van der Waals surface area contributed by atoms with E-state index in [0.717, 1.165) is 25.7 Å². The van der Waals surface area contributed by atoms with Crippen molar-refractivity contribution in [1.82, 2.24) is 10.6 Å². The van der Waals surface area contributed by atoms with Crippen LogP contribution in [-0.2, 0) is 9.59 Å². The minimum Gasteiger partial charge on any atom is -0.354 e. The van der Waals surface area contributed by atoms with Crippen LogP contribution in [0.15, 0.2) is 0 Å². The molecular formula is C40H80N2O2. The second-order valence-electron chi connectivity index (χ2n) is 13.8. The van der Waals surface area contributed by atoms with Crippen molar-refractivity contribution in [3.05, 3.63) is 0 Å². The van der Waals surface area contributed by atoms with Gasteiger partial charge in [0.2, 0.25) is 11.8 Å². The molecule has 0 aliphatic heterocycles. The molecule has 0 radical (unpaired) electrons. The molecule has 0 atom stereocenters. The van der Waals surface area contributed by atoms with Gasteiger partial charge in [-0.1, -0.05) is 206 Å². The summed E-state index contributed by atoms with van der Waals surface area (Å²) in [6, 6.07) is 0. The zero-order valence-corrected chi connectivity index (χ0v) is 30.3. The minimum atomic E-state index is 0.127. The first-order valence-corrected chi connectivity index (χ1v) is 20.2. The van der Waals surface area contributed by atoms with E-state index >= 15 is 0 Å². The average molecular weight is 621 g/mol. The van der Waals surface area contributed by atoms with E-state index in [1.54, 1.807) is 0 Å². The van der Waals surface area contributed by atoms with Gasteiger partial charge in [-0.3, -0.25) is 9.59 Å². The maximum Gasteiger partial charge on any atom is 0.220 e. The summed E-state index contributed by atoms with van der Waals surface area (Å²) in [7, 11) is 0. The maximum atomic E-state index is 12.0. The van der Waals surface area contributed by atoms with Gasteiger partial charge in [-0.05, 0) is 12.8 Å². The highest BCUT2D eigenvalue weighted by Crippen LogP contribution is 2.15. The Morgan fingerprint density at radius 3 is 0.682 bits per heavy atom. The largest absolute Gasteiger partial charge is 0.354 e. The Labute approximate surface area is 276 Å².